The van der Waals surface area contributed by atoms with Crippen LogP contribution in [0.2, 0.25) is 0 Å². The zero-order valence-electron chi connectivity index (χ0n) is 12.2. The summed E-state index contributed by atoms with van der Waals surface area (Å²) in [5.41, 5.74) is 4.92. The van der Waals surface area contributed by atoms with E-state index >= 15 is 0 Å². The molecule has 0 bridgehead atoms. The van der Waals surface area contributed by atoms with Crippen LogP contribution in [0.3, 0.4) is 0 Å². The maximum Gasteiger partial charge on any atom is 0.269 e. The quantitative estimate of drug-likeness (QED) is 0.750. The number of carbonyl (C=O) groups is 2. The molecule has 1 aromatic carbocycles. The van der Waals surface area contributed by atoms with Crippen molar-refractivity contribution in [1.29, 1.82) is 0 Å². The SMILES string of the molecule is O=C(C[C@H]1CCS(=O)(=O)C1)NNC(=O)c1ccc2c(c1)OCO2. The van der Waals surface area contributed by atoms with Crippen LogP contribution in [-0.4, -0.2) is 38.5 Å². The number of nitrogens with one attached hydrogen (secondary N) is 2. The Balaban J connectivity index is 1.50. The minimum atomic E-state index is -3.01. The highest BCUT2D eigenvalue weighted by molar-refractivity contribution is 7.91. The number of carbonyl (C=O) groups excluding carboxylic acids is 2. The molecule has 9 heteroatoms. The fourth-order valence-corrected chi connectivity index (χ4v) is 4.44. The number of amides is 2. The fourth-order valence-electron chi connectivity index (χ4n) is 2.58. The van der Waals surface area contributed by atoms with Crippen molar-refractivity contribution >= 4 is 21.7 Å². The molecule has 1 aromatic rings. The van der Waals surface area contributed by atoms with Crippen molar-refractivity contribution in [3.63, 3.8) is 0 Å². The van der Waals surface area contributed by atoms with Gasteiger partial charge in [-0.2, -0.15) is 0 Å². The molecule has 0 aromatic heterocycles. The molecule has 1 saturated heterocycles. The Morgan fingerprint density at radius 3 is 2.70 bits per heavy atom. The average molecular weight is 340 g/mol. The summed E-state index contributed by atoms with van der Waals surface area (Å²) in [6.07, 6.45) is 0.548. The monoisotopic (exact) mass is 340 g/mol. The zero-order chi connectivity index (χ0) is 16.4. The minimum absolute atomic E-state index is 0.0243. The van der Waals surface area contributed by atoms with Crippen molar-refractivity contribution in [1.82, 2.24) is 10.9 Å². The lowest BCUT2D eigenvalue weighted by atomic mass is 10.1. The average Bonchev–Trinajstić information content (AvgIpc) is 3.10. The molecule has 23 heavy (non-hydrogen) atoms. The van der Waals surface area contributed by atoms with Gasteiger partial charge in [0.15, 0.2) is 21.3 Å². The molecule has 0 aliphatic carbocycles. The number of hydrogen-bond acceptors (Lipinski definition) is 6. The number of hydrazine groups is 1. The highest BCUT2D eigenvalue weighted by Gasteiger charge is 2.29. The van der Waals surface area contributed by atoms with Crippen molar-refractivity contribution in [2.75, 3.05) is 18.3 Å². The van der Waals surface area contributed by atoms with E-state index in [1.54, 1.807) is 12.1 Å². The molecule has 2 aliphatic rings. The van der Waals surface area contributed by atoms with E-state index in [2.05, 4.69) is 10.9 Å². The van der Waals surface area contributed by atoms with Gasteiger partial charge in [0.05, 0.1) is 11.5 Å². The summed E-state index contributed by atoms with van der Waals surface area (Å²) in [6, 6.07) is 4.69. The molecule has 3 rings (SSSR count). The van der Waals surface area contributed by atoms with E-state index in [0.29, 0.717) is 23.5 Å². The molecular formula is C14H16N2O6S. The molecule has 8 nitrogen and oxygen atoms in total. The van der Waals surface area contributed by atoms with Gasteiger partial charge in [-0.25, -0.2) is 8.42 Å². The highest BCUT2D eigenvalue weighted by Crippen LogP contribution is 2.32. The number of hydrogen-bond donors (Lipinski definition) is 2. The molecule has 0 spiro atoms. The Bertz CT molecular complexity index is 746. The maximum absolute atomic E-state index is 12.0. The van der Waals surface area contributed by atoms with Crippen LogP contribution < -0.4 is 20.3 Å². The standard InChI is InChI=1S/C14H16N2O6S/c17-13(5-9-3-4-23(19,20)7-9)15-16-14(18)10-1-2-11-12(6-10)22-8-21-11/h1-2,6,9H,3-5,7-8H2,(H,15,17)(H,16,18)/t9-/m1/s1. The van der Waals surface area contributed by atoms with Crippen molar-refractivity contribution in [2.45, 2.75) is 12.8 Å². The normalized spacial score (nSPS) is 21.0. The maximum atomic E-state index is 12.0. The van der Waals surface area contributed by atoms with Crippen molar-refractivity contribution in [3.05, 3.63) is 23.8 Å². The molecule has 124 valence electrons. The lowest BCUT2D eigenvalue weighted by Gasteiger charge is -2.10. The van der Waals surface area contributed by atoms with Gasteiger partial charge in [-0.1, -0.05) is 0 Å². The summed E-state index contributed by atoms with van der Waals surface area (Å²) in [5.74, 6) is 0.0814. The van der Waals surface area contributed by atoms with Crippen molar-refractivity contribution in [3.8, 4) is 11.5 Å². The van der Waals surface area contributed by atoms with Crippen LogP contribution in [0.4, 0.5) is 0 Å². The van der Waals surface area contributed by atoms with Crippen molar-refractivity contribution in [2.24, 2.45) is 5.92 Å². The van der Waals surface area contributed by atoms with E-state index in [0.717, 1.165) is 0 Å². The molecule has 0 unspecified atom stereocenters. The summed E-state index contributed by atoms with van der Waals surface area (Å²) in [5, 5.41) is 0. The predicted octanol–water partition coefficient (Wildman–Crippen LogP) is 0.00110. The van der Waals surface area contributed by atoms with Crippen LogP contribution in [0.1, 0.15) is 23.2 Å². The third-order valence-corrected chi connectivity index (χ3v) is 5.59. The fraction of sp³-hybridized carbons (Fsp3) is 0.429. The lowest BCUT2D eigenvalue weighted by molar-refractivity contribution is -0.122. The van der Waals surface area contributed by atoms with E-state index in [4.69, 9.17) is 9.47 Å². The van der Waals surface area contributed by atoms with Gasteiger partial charge in [-0.3, -0.25) is 20.4 Å². The van der Waals surface area contributed by atoms with E-state index in [1.807, 2.05) is 0 Å². The number of fused-ring (bicyclic) bond motifs is 1. The Morgan fingerprint density at radius 1 is 1.17 bits per heavy atom. The zero-order valence-corrected chi connectivity index (χ0v) is 13.0. The summed E-state index contributed by atoms with van der Waals surface area (Å²) >= 11 is 0. The largest absolute Gasteiger partial charge is 0.454 e. The van der Waals surface area contributed by atoms with Gasteiger partial charge in [0, 0.05) is 12.0 Å². The van der Waals surface area contributed by atoms with Crippen LogP contribution in [0.25, 0.3) is 0 Å². The van der Waals surface area contributed by atoms with Crippen LogP contribution in [0.15, 0.2) is 18.2 Å². The van der Waals surface area contributed by atoms with Crippen molar-refractivity contribution < 1.29 is 27.5 Å². The minimum Gasteiger partial charge on any atom is -0.454 e. The third kappa shape index (κ3) is 3.73. The lowest BCUT2D eigenvalue weighted by Crippen LogP contribution is -2.42. The van der Waals surface area contributed by atoms with Gasteiger partial charge < -0.3 is 9.47 Å². The molecule has 1 atom stereocenters. The summed E-state index contributed by atoms with van der Waals surface area (Å²) < 4.78 is 33.0. The number of benzene rings is 1. The van der Waals surface area contributed by atoms with Crippen LogP contribution >= 0.6 is 0 Å². The van der Waals surface area contributed by atoms with E-state index in [9.17, 15) is 18.0 Å². The number of rotatable bonds is 3. The predicted molar refractivity (Wildman–Crippen MR) is 79.6 cm³/mol. The van der Waals surface area contributed by atoms with Gasteiger partial charge in [-0.05, 0) is 30.5 Å². The van der Waals surface area contributed by atoms with Gasteiger partial charge in [0.25, 0.3) is 5.91 Å². The summed E-state index contributed by atoms with van der Waals surface area (Å²) in [6.45, 7) is 0.113. The molecule has 1 fully saturated rings. The number of sulfone groups is 1. The first kappa shape index (κ1) is 15.6. The first-order valence-electron chi connectivity index (χ1n) is 7.12. The van der Waals surface area contributed by atoms with Crippen LogP contribution in [0.5, 0.6) is 11.5 Å². The molecular weight excluding hydrogens is 324 g/mol. The second kappa shape index (κ2) is 6.07. The van der Waals surface area contributed by atoms with Crippen LogP contribution in [0, 0.1) is 5.92 Å². The molecule has 2 aliphatic heterocycles. The van der Waals surface area contributed by atoms with Gasteiger partial charge in [-0.15, -0.1) is 0 Å². The van der Waals surface area contributed by atoms with E-state index in [-0.39, 0.29) is 30.6 Å². The first-order valence-corrected chi connectivity index (χ1v) is 8.94. The molecule has 2 amide bonds. The Hall–Kier alpha value is -2.29. The Morgan fingerprint density at radius 2 is 1.96 bits per heavy atom. The topological polar surface area (TPSA) is 111 Å². The van der Waals surface area contributed by atoms with E-state index < -0.39 is 21.7 Å². The third-order valence-electron chi connectivity index (χ3n) is 3.75. The second-order valence-corrected chi connectivity index (χ2v) is 7.77. The highest BCUT2D eigenvalue weighted by atomic mass is 32.2. The molecule has 0 radical (unpaired) electrons. The first-order chi connectivity index (χ1) is 10.9. The number of ether oxygens (including phenoxy) is 2. The van der Waals surface area contributed by atoms with Gasteiger partial charge >= 0.3 is 0 Å². The Kier molecular flexibility index (Phi) is 4.12. The smallest absolute Gasteiger partial charge is 0.269 e. The second-order valence-electron chi connectivity index (χ2n) is 5.54. The van der Waals surface area contributed by atoms with Crippen LogP contribution in [-0.2, 0) is 14.6 Å². The van der Waals surface area contributed by atoms with Gasteiger partial charge in [0.1, 0.15) is 0 Å². The van der Waals surface area contributed by atoms with E-state index in [1.165, 1.54) is 6.07 Å². The Labute approximate surface area is 133 Å². The summed E-state index contributed by atoms with van der Waals surface area (Å²) in [4.78, 5) is 23.7. The summed E-state index contributed by atoms with van der Waals surface area (Å²) in [7, 11) is -3.01. The molecule has 0 saturated carbocycles. The molecule has 2 N–H and O–H groups in total. The van der Waals surface area contributed by atoms with Gasteiger partial charge in [0.2, 0.25) is 12.7 Å². The molecule has 2 heterocycles.